The highest BCUT2D eigenvalue weighted by molar-refractivity contribution is 9.10. The predicted octanol–water partition coefficient (Wildman–Crippen LogP) is 3.39. The lowest BCUT2D eigenvalue weighted by molar-refractivity contribution is 0.0895. The molecule has 2 aliphatic rings. The summed E-state index contributed by atoms with van der Waals surface area (Å²) in [6.07, 6.45) is 2.32. The summed E-state index contributed by atoms with van der Waals surface area (Å²) >= 11 is 3.44. The molecule has 7 nitrogen and oxygen atoms in total. The third-order valence-corrected chi connectivity index (χ3v) is 7.59. The molecule has 1 atom stereocenters. The fourth-order valence-corrected chi connectivity index (χ4v) is 5.70. The van der Waals surface area contributed by atoms with Crippen LogP contribution in [0.4, 0.5) is 0 Å². The summed E-state index contributed by atoms with van der Waals surface area (Å²) in [5, 5.41) is 2.94. The number of nitrogens with one attached hydrogen (secondary N) is 1. The Morgan fingerprint density at radius 1 is 1.25 bits per heavy atom. The van der Waals surface area contributed by atoms with Gasteiger partial charge in [-0.3, -0.25) is 4.79 Å². The van der Waals surface area contributed by atoms with Gasteiger partial charge in [-0.1, -0.05) is 15.9 Å². The number of fused-ring (bicyclic) bond motifs is 1. The fourth-order valence-electron chi connectivity index (χ4n) is 3.65. The molecule has 3 heterocycles. The molecule has 0 spiro atoms. The van der Waals surface area contributed by atoms with Crippen molar-refractivity contribution in [3.05, 3.63) is 45.8 Å². The molecular weight excluding hydrogens is 448 g/mol. The Balaban J connectivity index is 1.57. The molecule has 0 bridgehead atoms. The van der Waals surface area contributed by atoms with Crippen LogP contribution in [0.3, 0.4) is 0 Å². The van der Waals surface area contributed by atoms with Gasteiger partial charge in [0, 0.05) is 35.6 Å². The maximum absolute atomic E-state index is 12.8. The third-order valence-electron chi connectivity index (χ3n) is 5.10. The van der Waals surface area contributed by atoms with Crippen LogP contribution < -0.4 is 10.1 Å². The molecule has 1 N–H and O–H groups in total. The van der Waals surface area contributed by atoms with E-state index in [1.165, 1.54) is 10.4 Å². The molecule has 1 aromatic carbocycles. The molecule has 0 aliphatic carbocycles. The maximum Gasteiger partial charge on any atom is 0.287 e. The van der Waals surface area contributed by atoms with Gasteiger partial charge in [0.15, 0.2) is 5.76 Å². The van der Waals surface area contributed by atoms with Crippen LogP contribution in [0.1, 0.15) is 47.2 Å². The Bertz CT molecular complexity index is 1010. The first kappa shape index (κ1) is 19.5. The molecule has 150 valence electrons. The Morgan fingerprint density at radius 2 is 2.00 bits per heavy atom. The van der Waals surface area contributed by atoms with E-state index >= 15 is 0 Å². The molecule has 28 heavy (non-hydrogen) atoms. The van der Waals surface area contributed by atoms with Gasteiger partial charge in [-0.2, -0.15) is 4.31 Å². The van der Waals surface area contributed by atoms with E-state index in [9.17, 15) is 13.2 Å². The summed E-state index contributed by atoms with van der Waals surface area (Å²) in [5.74, 6) is 0.516. The minimum atomic E-state index is -3.64. The Hall–Kier alpha value is -1.84. The topological polar surface area (TPSA) is 88.8 Å². The molecule has 2 aliphatic heterocycles. The van der Waals surface area contributed by atoms with Gasteiger partial charge in [0.2, 0.25) is 10.0 Å². The first-order chi connectivity index (χ1) is 13.4. The Morgan fingerprint density at radius 3 is 2.75 bits per heavy atom. The fraction of sp³-hybridized carbons (Fsp3) is 0.421. The van der Waals surface area contributed by atoms with Gasteiger partial charge < -0.3 is 14.5 Å². The van der Waals surface area contributed by atoms with E-state index in [0.717, 1.165) is 28.6 Å². The van der Waals surface area contributed by atoms with Crippen molar-refractivity contribution < 1.29 is 22.4 Å². The average Bonchev–Trinajstić information content (AvgIpc) is 3.32. The summed E-state index contributed by atoms with van der Waals surface area (Å²) in [5.41, 5.74) is 0.877. The van der Waals surface area contributed by atoms with Crippen LogP contribution >= 0.6 is 15.9 Å². The molecule has 0 radical (unpaired) electrons. The van der Waals surface area contributed by atoms with Crippen molar-refractivity contribution >= 4 is 31.9 Å². The number of carbonyl (C=O) groups is 1. The van der Waals surface area contributed by atoms with Gasteiger partial charge >= 0.3 is 0 Å². The number of benzene rings is 1. The number of furan rings is 1. The quantitative estimate of drug-likeness (QED) is 0.742. The van der Waals surface area contributed by atoms with Gasteiger partial charge in [0.1, 0.15) is 16.4 Å². The van der Waals surface area contributed by atoms with Gasteiger partial charge in [-0.05, 0) is 38.0 Å². The Labute approximate surface area is 172 Å². The van der Waals surface area contributed by atoms with E-state index in [4.69, 9.17) is 9.15 Å². The molecule has 4 rings (SSSR count). The number of hydrogen-bond donors (Lipinski definition) is 1. The summed E-state index contributed by atoms with van der Waals surface area (Å²) in [6, 6.07) is 6.75. The van der Waals surface area contributed by atoms with Crippen LogP contribution in [0, 0.1) is 6.92 Å². The number of amides is 1. The molecule has 9 heteroatoms. The maximum atomic E-state index is 12.8. The first-order valence-corrected chi connectivity index (χ1v) is 11.4. The lowest BCUT2D eigenvalue weighted by atomic mass is 10.0. The van der Waals surface area contributed by atoms with Crippen molar-refractivity contribution in [1.82, 2.24) is 9.62 Å². The van der Waals surface area contributed by atoms with Crippen LogP contribution in [-0.4, -0.2) is 38.3 Å². The summed E-state index contributed by atoms with van der Waals surface area (Å²) in [7, 11) is -3.64. The van der Waals surface area contributed by atoms with Crippen molar-refractivity contribution in [2.24, 2.45) is 0 Å². The number of aryl methyl sites for hydroxylation is 1. The van der Waals surface area contributed by atoms with Crippen molar-refractivity contribution in [3.63, 3.8) is 0 Å². The van der Waals surface area contributed by atoms with Crippen molar-refractivity contribution in [2.75, 3.05) is 19.7 Å². The smallest absolute Gasteiger partial charge is 0.287 e. The number of carbonyl (C=O) groups excluding carboxylic acids is 1. The van der Waals surface area contributed by atoms with Crippen molar-refractivity contribution in [2.45, 2.75) is 37.1 Å². The van der Waals surface area contributed by atoms with E-state index in [1.807, 2.05) is 18.2 Å². The molecule has 2 aromatic rings. The van der Waals surface area contributed by atoms with E-state index in [2.05, 4.69) is 21.2 Å². The van der Waals surface area contributed by atoms with Gasteiger partial charge in [0.25, 0.3) is 5.91 Å². The highest BCUT2D eigenvalue weighted by atomic mass is 79.9. The molecule has 0 saturated carbocycles. The lowest BCUT2D eigenvalue weighted by Crippen LogP contribution is -2.32. The molecular formula is C19H21BrN2O5S. The van der Waals surface area contributed by atoms with E-state index in [-0.39, 0.29) is 22.5 Å². The molecule has 1 fully saturated rings. The van der Waals surface area contributed by atoms with Crippen molar-refractivity contribution in [1.29, 1.82) is 0 Å². The van der Waals surface area contributed by atoms with Crippen LogP contribution in [0.15, 0.2) is 38.1 Å². The van der Waals surface area contributed by atoms with Gasteiger partial charge in [-0.15, -0.1) is 0 Å². The largest absolute Gasteiger partial charge is 0.493 e. The highest BCUT2D eigenvalue weighted by Crippen LogP contribution is 2.34. The number of halogens is 1. The molecule has 1 unspecified atom stereocenters. The van der Waals surface area contributed by atoms with Crippen molar-refractivity contribution in [3.8, 4) is 5.75 Å². The number of rotatable bonds is 4. The summed E-state index contributed by atoms with van der Waals surface area (Å²) in [6.45, 7) is 3.07. The molecule has 1 saturated heterocycles. The highest BCUT2D eigenvalue weighted by Gasteiger charge is 2.32. The zero-order chi connectivity index (χ0) is 19.9. The lowest BCUT2D eigenvalue weighted by Gasteiger charge is -2.26. The zero-order valence-corrected chi connectivity index (χ0v) is 17.8. The second-order valence-electron chi connectivity index (χ2n) is 6.99. The van der Waals surface area contributed by atoms with Gasteiger partial charge in [-0.25, -0.2) is 8.42 Å². The van der Waals surface area contributed by atoms with E-state index in [1.54, 1.807) is 6.92 Å². The van der Waals surface area contributed by atoms with Crippen LogP contribution in [0.5, 0.6) is 5.75 Å². The summed E-state index contributed by atoms with van der Waals surface area (Å²) in [4.78, 5) is 12.8. The first-order valence-electron chi connectivity index (χ1n) is 9.20. The van der Waals surface area contributed by atoms with Crippen LogP contribution in [-0.2, 0) is 10.0 Å². The third kappa shape index (κ3) is 3.58. The summed E-state index contributed by atoms with van der Waals surface area (Å²) < 4.78 is 39.1. The van der Waals surface area contributed by atoms with Crippen LogP contribution in [0.2, 0.25) is 0 Å². The Kier molecular flexibility index (Phi) is 5.24. The van der Waals surface area contributed by atoms with E-state index < -0.39 is 15.9 Å². The molecule has 1 aromatic heterocycles. The minimum absolute atomic E-state index is 0.00156. The monoisotopic (exact) mass is 468 g/mol. The number of nitrogens with zero attached hydrogens (tertiary/aromatic N) is 1. The second kappa shape index (κ2) is 7.53. The predicted molar refractivity (Wildman–Crippen MR) is 106 cm³/mol. The zero-order valence-electron chi connectivity index (χ0n) is 15.4. The number of sulfonamides is 1. The number of hydrogen-bond acceptors (Lipinski definition) is 5. The normalized spacial score (nSPS) is 19.9. The standard InChI is InChI=1S/C19H21BrN2O5S/c1-12-18(28(24,25)22-7-2-3-8-22)11-17(27-12)19(23)21-15-6-9-26-16-5-4-13(20)10-14(15)16/h4-5,10-11,15H,2-3,6-9H2,1H3,(H,21,23). The minimum Gasteiger partial charge on any atom is -0.493 e. The second-order valence-corrected chi connectivity index (χ2v) is 9.81. The van der Waals surface area contributed by atoms with Crippen LogP contribution in [0.25, 0.3) is 0 Å². The average molecular weight is 469 g/mol. The van der Waals surface area contributed by atoms with E-state index in [0.29, 0.717) is 26.1 Å². The van der Waals surface area contributed by atoms with Gasteiger partial charge in [0.05, 0.1) is 12.6 Å². The number of ether oxygens (including phenoxy) is 1. The SMILES string of the molecule is Cc1oc(C(=O)NC2CCOc3ccc(Br)cc32)cc1S(=O)(=O)N1CCCC1. The molecule has 1 amide bonds.